The van der Waals surface area contributed by atoms with Crippen LogP contribution in [0.2, 0.25) is 15.1 Å². The van der Waals surface area contributed by atoms with Crippen LogP contribution in [0.5, 0.6) is 0 Å². The lowest BCUT2D eigenvalue weighted by Crippen LogP contribution is -2.10. The Labute approximate surface area is 90.4 Å². The predicted octanol–water partition coefficient (Wildman–Crippen LogP) is 3.28. The summed E-state index contributed by atoms with van der Waals surface area (Å²) in [5.74, 6) is 0. The quantitative estimate of drug-likeness (QED) is 0.763. The molecule has 2 N–H and O–H groups in total. The van der Waals surface area contributed by atoms with E-state index in [-0.39, 0.29) is 4.99 Å². The summed E-state index contributed by atoms with van der Waals surface area (Å²) in [6, 6.07) is 3.09. The Bertz CT molecular complexity index is 314. The van der Waals surface area contributed by atoms with E-state index in [1.54, 1.807) is 12.1 Å². The third kappa shape index (κ3) is 2.02. The first-order valence-electron chi connectivity index (χ1n) is 2.96. The van der Waals surface area contributed by atoms with Gasteiger partial charge in [0.1, 0.15) is 4.99 Å². The molecule has 0 amide bonds. The number of rotatable bonds is 1. The molecule has 0 heterocycles. The zero-order valence-corrected chi connectivity index (χ0v) is 8.86. The molecule has 0 unspecified atom stereocenters. The topological polar surface area (TPSA) is 26.0 Å². The second-order valence-electron chi connectivity index (χ2n) is 2.11. The number of hydrogen-bond donors (Lipinski definition) is 1. The van der Waals surface area contributed by atoms with Gasteiger partial charge in [-0.05, 0) is 12.1 Å². The minimum absolute atomic E-state index is 0.168. The summed E-state index contributed by atoms with van der Waals surface area (Å²) in [5.41, 5.74) is 5.86. The van der Waals surface area contributed by atoms with Gasteiger partial charge in [0, 0.05) is 10.6 Å². The van der Waals surface area contributed by atoms with Crippen LogP contribution < -0.4 is 5.73 Å². The maximum atomic E-state index is 5.79. The first-order valence-corrected chi connectivity index (χ1v) is 4.51. The smallest absolute Gasteiger partial charge is 0.107 e. The van der Waals surface area contributed by atoms with Crippen LogP contribution >= 0.6 is 47.0 Å². The van der Waals surface area contributed by atoms with Crippen molar-refractivity contribution in [1.29, 1.82) is 0 Å². The number of nitrogens with two attached hydrogens (primary N) is 1. The molecule has 64 valence electrons. The normalized spacial score (nSPS) is 9.92. The minimum atomic E-state index is 0.168. The van der Waals surface area contributed by atoms with E-state index in [0.717, 1.165) is 0 Å². The van der Waals surface area contributed by atoms with Gasteiger partial charge >= 0.3 is 0 Å². The predicted molar refractivity (Wildman–Crippen MR) is 57.4 cm³/mol. The molecule has 0 fully saturated rings. The van der Waals surface area contributed by atoms with Crippen LogP contribution in [0.1, 0.15) is 5.56 Å². The SMILES string of the molecule is NC(=S)c1c(Cl)cc(Cl)cc1Cl. The fourth-order valence-electron chi connectivity index (χ4n) is 0.778. The summed E-state index contributed by atoms with van der Waals surface area (Å²) in [7, 11) is 0. The van der Waals surface area contributed by atoms with Crippen LogP contribution in [0.3, 0.4) is 0 Å². The maximum Gasteiger partial charge on any atom is 0.107 e. The van der Waals surface area contributed by atoms with Crippen LogP contribution in [0.4, 0.5) is 0 Å². The average molecular weight is 241 g/mol. The summed E-state index contributed by atoms with van der Waals surface area (Å²) in [5, 5.41) is 1.21. The molecule has 0 aromatic heterocycles. The van der Waals surface area contributed by atoms with Crippen molar-refractivity contribution in [2.45, 2.75) is 0 Å². The molecule has 0 spiro atoms. The van der Waals surface area contributed by atoms with Crippen molar-refractivity contribution in [2.24, 2.45) is 5.73 Å². The Morgan fingerprint density at radius 1 is 1.17 bits per heavy atom. The van der Waals surface area contributed by atoms with Gasteiger partial charge in [0.05, 0.1) is 10.0 Å². The highest BCUT2D eigenvalue weighted by Gasteiger charge is 2.09. The van der Waals surface area contributed by atoms with E-state index < -0.39 is 0 Å². The van der Waals surface area contributed by atoms with Crippen LogP contribution in [-0.2, 0) is 0 Å². The van der Waals surface area contributed by atoms with Gasteiger partial charge in [0.15, 0.2) is 0 Å². The molecule has 1 aromatic rings. The molecular formula is C7H4Cl3NS. The van der Waals surface area contributed by atoms with Crippen LogP contribution in [-0.4, -0.2) is 4.99 Å². The maximum absolute atomic E-state index is 5.79. The summed E-state index contributed by atoms with van der Waals surface area (Å²) < 4.78 is 0. The van der Waals surface area contributed by atoms with E-state index in [2.05, 4.69) is 0 Å². The molecule has 1 rings (SSSR count). The van der Waals surface area contributed by atoms with Gasteiger partial charge in [-0.2, -0.15) is 0 Å². The van der Waals surface area contributed by atoms with Crippen molar-refractivity contribution in [3.63, 3.8) is 0 Å². The third-order valence-electron chi connectivity index (χ3n) is 1.25. The van der Waals surface area contributed by atoms with Crippen molar-refractivity contribution in [3.05, 3.63) is 32.8 Å². The second-order valence-corrected chi connectivity index (χ2v) is 3.80. The van der Waals surface area contributed by atoms with Gasteiger partial charge in [-0.3, -0.25) is 0 Å². The second kappa shape index (κ2) is 3.79. The molecule has 0 atom stereocenters. The average Bonchev–Trinajstić information content (AvgIpc) is 1.82. The molecule has 0 aliphatic carbocycles. The lowest BCUT2D eigenvalue weighted by molar-refractivity contribution is 1.62. The van der Waals surface area contributed by atoms with E-state index in [0.29, 0.717) is 20.6 Å². The molecule has 1 aromatic carbocycles. The van der Waals surface area contributed by atoms with Crippen molar-refractivity contribution >= 4 is 52.0 Å². The molecule has 1 nitrogen and oxygen atoms in total. The summed E-state index contributed by atoms with van der Waals surface area (Å²) in [4.78, 5) is 0.168. The van der Waals surface area contributed by atoms with Gasteiger partial charge in [-0.1, -0.05) is 47.0 Å². The fourth-order valence-corrected chi connectivity index (χ4v) is 2.13. The van der Waals surface area contributed by atoms with E-state index in [1.165, 1.54) is 0 Å². The monoisotopic (exact) mass is 239 g/mol. The standard InChI is InChI=1S/C7H4Cl3NS/c8-3-1-4(9)6(7(11)12)5(10)2-3/h1-2H,(H2,11,12). The molecule has 0 saturated heterocycles. The number of hydrogen-bond acceptors (Lipinski definition) is 1. The largest absolute Gasteiger partial charge is 0.389 e. The third-order valence-corrected chi connectivity index (χ3v) is 2.27. The van der Waals surface area contributed by atoms with E-state index >= 15 is 0 Å². The van der Waals surface area contributed by atoms with Crippen molar-refractivity contribution < 1.29 is 0 Å². The molecule has 0 aliphatic rings. The van der Waals surface area contributed by atoms with Gasteiger partial charge in [0.2, 0.25) is 0 Å². The molecule has 0 saturated carbocycles. The Balaban J connectivity index is 3.38. The number of benzene rings is 1. The van der Waals surface area contributed by atoms with E-state index in [1.807, 2.05) is 0 Å². The molecule has 12 heavy (non-hydrogen) atoms. The lowest BCUT2D eigenvalue weighted by Gasteiger charge is -2.04. The highest BCUT2D eigenvalue weighted by Crippen LogP contribution is 2.28. The minimum Gasteiger partial charge on any atom is -0.389 e. The zero-order chi connectivity index (χ0) is 9.30. The van der Waals surface area contributed by atoms with Crippen LogP contribution in [0.15, 0.2) is 12.1 Å². The first kappa shape index (κ1) is 10.1. The van der Waals surface area contributed by atoms with Gasteiger partial charge < -0.3 is 5.73 Å². The van der Waals surface area contributed by atoms with Crippen molar-refractivity contribution in [3.8, 4) is 0 Å². The van der Waals surface area contributed by atoms with Crippen molar-refractivity contribution in [2.75, 3.05) is 0 Å². The van der Waals surface area contributed by atoms with Crippen LogP contribution in [0, 0.1) is 0 Å². The van der Waals surface area contributed by atoms with E-state index in [9.17, 15) is 0 Å². The highest BCUT2D eigenvalue weighted by atomic mass is 35.5. The van der Waals surface area contributed by atoms with Crippen molar-refractivity contribution in [1.82, 2.24) is 0 Å². The Kier molecular flexibility index (Phi) is 3.18. The zero-order valence-electron chi connectivity index (χ0n) is 5.77. The number of thiocarbonyl (C=S) groups is 1. The molecule has 0 bridgehead atoms. The summed E-state index contributed by atoms with van der Waals surface area (Å²) >= 11 is 22.0. The van der Waals surface area contributed by atoms with Crippen LogP contribution in [0.25, 0.3) is 0 Å². The fraction of sp³-hybridized carbons (Fsp3) is 0. The van der Waals surface area contributed by atoms with E-state index in [4.69, 9.17) is 52.8 Å². The summed E-state index contributed by atoms with van der Waals surface area (Å²) in [6.45, 7) is 0. The summed E-state index contributed by atoms with van der Waals surface area (Å²) in [6.07, 6.45) is 0. The Morgan fingerprint density at radius 2 is 1.58 bits per heavy atom. The number of halogens is 3. The molecule has 5 heteroatoms. The molecule has 0 radical (unpaired) electrons. The Morgan fingerprint density at radius 3 is 1.92 bits per heavy atom. The first-order chi connectivity index (χ1) is 5.52. The lowest BCUT2D eigenvalue weighted by atomic mass is 10.2. The Hall–Kier alpha value is -0.0200. The highest BCUT2D eigenvalue weighted by molar-refractivity contribution is 7.80. The van der Waals surface area contributed by atoms with Gasteiger partial charge in [-0.15, -0.1) is 0 Å². The molecular weight excluding hydrogens is 237 g/mol. The van der Waals surface area contributed by atoms with Gasteiger partial charge in [0.25, 0.3) is 0 Å². The van der Waals surface area contributed by atoms with Gasteiger partial charge in [-0.25, -0.2) is 0 Å². The molecule has 0 aliphatic heterocycles.